The van der Waals surface area contributed by atoms with Gasteiger partial charge in [0.05, 0.1) is 31.1 Å². The number of carbonyl (C=O) groups is 2. The molecular formula is C20H28N4O3. The van der Waals surface area contributed by atoms with Gasteiger partial charge in [0.1, 0.15) is 0 Å². The predicted molar refractivity (Wildman–Crippen MR) is 101 cm³/mol. The van der Waals surface area contributed by atoms with Crippen LogP contribution in [0, 0.1) is 11.8 Å². The summed E-state index contributed by atoms with van der Waals surface area (Å²) in [7, 11) is 0. The summed E-state index contributed by atoms with van der Waals surface area (Å²) in [6.45, 7) is 4.43. The molecule has 4 rings (SSSR count). The van der Waals surface area contributed by atoms with Crippen molar-refractivity contribution in [3.63, 3.8) is 0 Å². The lowest BCUT2D eigenvalue weighted by atomic mass is 9.91. The Morgan fingerprint density at radius 1 is 1.00 bits per heavy atom. The number of ether oxygens (including phenoxy) is 1. The summed E-state index contributed by atoms with van der Waals surface area (Å²) in [5.41, 5.74) is 7.49. The van der Waals surface area contributed by atoms with Crippen LogP contribution in [-0.4, -0.2) is 67.6 Å². The summed E-state index contributed by atoms with van der Waals surface area (Å²) < 4.78 is 5.35. The lowest BCUT2D eigenvalue weighted by molar-refractivity contribution is -0.145. The van der Waals surface area contributed by atoms with Crippen LogP contribution in [0.2, 0.25) is 0 Å². The van der Waals surface area contributed by atoms with Gasteiger partial charge in [-0.1, -0.05) is 30.3 Å². The topological polar surface area (TPSA) is 73.9 Å². The van der Waals surface area contributed by atoms with E-state index in [2.05, 4.69) is 10.9 Å². The Hall–Kier alpha value is -1.96. The lowest BCUT2D eigenvalue weighted by Gasteiger charge is -2.37. The van der Waals surface area contributed by atoms with Crippen molar-refractivity contribution in [3.05, 3.63) is 35.9 Å². The summed E-state index contributed by atoms with van der Waals surface area (Å²) >= 11 is 0. The van der Waals surface area contributed by atoms with Crippen LogP contribution in [0.5, 0.6) is 0 Å². The molecule has 2 N–H and O–H groups in total. The fourth-order valence-electron chi connectivity index (χ4n) is 4.36. The molecule has 146 valence electrons. The van der Waals surface area contributed by atoms with Crippen molar-refractivity contribution < 1.29 is 14.3 Å². The van der Waals surface area contributed by atoms with Gasteiger partial charge >= 0.3 is 0 Å². The number of benzene rings is 1. The molecular weight excluding hydrogens is 344 g/mol. The smallest absolute Gasteiger partial charge is 0.229 e. The number of hydrazine groups is 1. The third-order valence-electron chi connectivity index (χ3n) is 5.86. The second-order valence-electron chi connectivity index (χ2n) is 7.58. The van der Waals surface area contributed by atoms with Crippen LogP contribution >= 0.6 is 0 Å². The summed E-state index contributed by atoms with van der Waals surface area (Å²) in [5, 5.41) is 0. The zero-order chi connectivity index (χ0) is 18.6. The Balaban J connectivity index is 1.41. The van der Waals surface area contributed by atoms with Crippen molar-refractivity contribution in [1.82, 2.24) is 20.7 Å². The summed E-state index contributed by atoms with van der Waals surface area (Å²) in [6.07, 6.45) is 1.75. The molecule has 0 spiro atoms. The Bertz CT molecular complexity index is 662. The highest BCUT2D eigenvalue weighted by Crippen LogP contribution is 2.28. The van der Waals surface area contributed by atoms with E-state index in [1.165, 1.54) is 0 Å². The minimum atomic E-state index is -0.148. The van der Waals surface area contributed by atoms with Gasteiger partial charge in [0.15, 0.2) is 0 Å². The number of nitrogens with zero attached hydrogens (tertiary/aromatic N) is 2. The molecule has 0 aromatic heterocycles. The molecule has 7 nitrogen and oxygen atoms in total. The highest BCUT2D eigenvalue weighted by Gasteiger charge is 2.39. The first-order valence-electron chi connectivity index (χ1n) is 9.92. The SMILES string of the molecule is O=C(C1CCCN(C(=O)C2CNNC2c2ccccc2)C1)N1CCOCC1. The number of rotatable bonds is 3. The van der Waals surface area contributed by atoms with Crippen LogP contribution in [0.3, 0.4) is 0 Å². The molecule has 0 aliphatic carbocycles. The van der Waals surface area contributed by atoms with Crippen molar-refractivity contribution in [3.8, 4) is 0 Å². The second kappa shape index (κ2) is 8.37. The normalized spacial score (nSPS) is 29.0. The van der Waals surface area contributed by atoms with Crippen molar-refractivity contribution in [2.45, 2.75) is 18.9 Å². The van der Waals surface area contributed by atoms with Crippen molar-refractivity contribution in [2.75, 3.05) is 45.9 Å². The molecule has 3 saturated heterocycles. The van der Waals surface area contributed by atoms with Gasteiger partial charge in [-0.2, -0.15) is 0 Å². The van der Waals surface area contributed by atoms with E-state index in [1.807, 2.05) is 40.1 Å². The second-order valence-corrected chi connectivity index (χ2v) is 7.58. The van der Waals surface area contributed by atoms with Crippen LogP contribution in [0.1, 0.15) is 24.4 Å². The van der Waals surface area contributed by atoms with E-state index >= 15 is 0 Å². The van der Waals surface area contributed by atoms with E-state index < -0.39 is 0 Å². The minimum Gasteiger partial charge on any atom is -0.378 e. The van der Waals surface area contributed by atoms with Gasteiger partial charge in [0.25, 0.3) is 0 Å². The Labute approximate surface area is 160 Å². The molecule has 3 fully saturated rings. The first-order chi connectivity index (χ1) is 13.2. The third-order valence-corrected chi connectivity index (χ3v) is 5.86. The Morgan fingerprint density at radius 3 is 2.56 bits per heavy atom. The molecule has 1 aromatic rings. The summed E-state index contributed by atoms with van der Waals surface area (Å²) in [4.78, 5) is 29.9. The minimum absolute atomic E-state index is 0.0333. The maximum absolute atomic E-state index is 13.2. The standard InChI is InChI=1S/C20H28N4O3/c25-19(23-9-11-27-12-10-23)16-7-4-8-24(14-16)20(26)17-13-21-22-18(17)15-5-2-1-3-6-15/h1-3,5-6,16-18,21-22H,4,7-14H2. The van der Waals surface area contributed by atoms with Gasteiger partial charge in [0, 0.05) is 32.7 Å². The van der Waals surface area contributed by atoms with Crippen LogP contribution in [0.15, 0.2) is 30.3 Å². The average molecular weight is 372 g/mol. The van der Waals surface area contributed by atoms with Gasteiger partial charge in [0.2, 0.25) is 11.8 Å². The number of carbonyl (C=O) groups excluding carboxylic acids is 2. The Kier molecular flexibility index (Phi) is 5.71. The summed E-state index contributed by atoms with van der Waals surface area (Å²) in [6, 6.07) is 10.0. The first-order valence-corrected chi connectivity index (χ1v) is 9.92. The van der Waals surface area contributed by atoms with Gasteiger partial charge in [-0.25, -0.2) is 5.43 Å². The van der Waals surface area contributed by atoms with E-state index in [9.17, 15) is 9.59 Å². The van der Waals surface area contributed by atoms with E-state index in [1.54, 1.807) is 0 Å². The van der Waals surface area contributed by atoms with Crippen LogP contribution in [0.25, 0.3) is 0 Å². The van der Waals surface area contributed by atoms with Crippen molar-refractivity contribution in [2.24, 2.45) is 11.8 Å². The largest absolute Gasteiger partial charge is 0.378 e. The monoisotopic (exact) mass is 372 g/mol. The van der Waals surface area contributed by atoms with Crippen LogP contribution in [-0.2, 0) is 14.3 Å². The number of hydrogen-bond donors (Lipinski definition) is 2. The van der Waals surface area contributed by atoms with Gasteiger partial charge in [-0.05, 0) is 18.4 Å². The molecule has 0 bridgehead atoms. The van der Waals surface area contributed by atoms with E-state index in [0.717, 1.165) is 24.9 Å². The quantitative estimate of drug-likeness (QED) is 0.811. The number of amides is 2. The fourth-order valence-corrected chi connectivity index (χ4v) is 4.36. The lowest BCUT2D eigenvalue weighted by Crippen LogP contribution is -2.51. The Morgan fingerprint density at radius 2 is 1.78 bits per heavy atom. The maximum atomic E-state index is 13.2. The zero-order valence-corrected chi connectivity index (χ0v) is 15.6. The number of piperidine rings is 1. The fraction of sp³-hybridized carbons (Fsp3) is 0.600. The van der Waals surface area contributed by atoms with E-state index in [-0.39, 0.29) is 29.7 Å². The molecule has 1 aromatic carbocycles. The number of morpholine rings is 1. The van der Waals surface area contributed by atoms with Gasteiger partial charge in [-0.15, -0.1) is 0 Å². The first kappa shape index (κ1) is 18.4. The highest BCUT2D eigenvalue weighted by atomic mass is 16.5. The molecule has 7 heteroatoms. The van der Waals surface area contributed by atoms with Crippen molar-refractivity contribution >= 4 is 11.8 Å². The maximum Gasteiger partial charge on any atom is 0.229 e. The van der Waals surface area contributed by atoms with Gasteiger partial charge in [-0.3, -0.25) is 15.0 Å². The van der Waals surface area contributed by atoms with Gasteiger partial charge < -0.3 is 14.5 Å². The average Bonchev–Trinajstić information content (AvgIpc) is 3.24. The molecule has 3 atom stereocenters. The molecule has 27 heavy (non-hydrogen) atoms. The number of nitrogens with one attached hydrogen (secondary N) is 2. The molecule has 3 aliphatic heterocycles. The zero-order valence-electron chi connectivity index (χ0n) is 15.6. The number of likely N-dealkylation sites (tertiary alicyclic amines) is 1. The molecule has 0 radical (unpaired) electrons. The molecule has 3 aliphatic rings. The molecule has 3 unspecified atom stereocenters. The molecule has 3 heterocycles. The predicted octanol–water partition coefficient (Wildman–Crippen LogP) is 0.549. The molecule has 2 amide bonds. The van der Waals surface area contributed by atoms with E-state index in [4.69, 9.17) is 4.74 Å². The molecule has 0 saturated carbocycles. The third kappa shape index (κ3) is 4.00. The van der Waals surface area contributed by atoms with Crippen LogP contribution in [0.4, 0.5) is 0 Å². The van der Waals surface area contributed by atoms with Crippen molar-refractivity contribution in [1.29, 1.82) is 0 Å². The number of hydrogen-bond acceptors (Lipinski definition) is 5. The van der Waals surface area contributed by atoms with E-state index in [0.29, 0.717) is 39.4 Å². The van der Waals surface area contributed by atoms with Crippen LogP contribution < -0.4 is 10.9 Å². The summed E-state index contributed by atoms with van der Waals surface area (Å²) in [5.74, 6) is 0.0850. The highest BCUT2D eigenvalue weighted by molar-refractivity contribution is 5.83.